The molecule has 1 rings (SSSR count). The first-order valence-electron chi connectivity index (χ1n) is 6.95. The summed E-state index contributed by atoms with van der Waals surface area (Å²) in [6.45, 7) is 8.78. The van der Waals surface area contributed by atoms with Gasteiger partial charge in [0.25, 0.3) is 0 Å². The van der Waals surface area contributed by atoms with Gasteiger partial charge in [0.15, 0.2) is 0 Å². The molecule has 16 heavy (non-hydrogen) atoms. The lowest BCUT2D eigenvalue weighted by atomic mass is 9.90. The minimum atomic E-state index is 0.844. The quantitative estimate of drug-likeness (QED) is 0.432. The highest BCUT2D eigenvalue weighted by Crippen LogP contribution is 2.07. The highest BCUT2D eigenvalue weighted by Gasteiger charge is 2.33. The van der Waals surface area contributed by atoms with E-state index in [4.69, 9.17) is 0 Å². The Labute approximate surface area is 101 Å². The highest BCUT2D eigenvalue weighted by atomic mass is 15.2. The number of quaternary nitrogens is 3. The van der Waals surface area contributed by atoms with Gasteiger partial charge in [-0.3, -0.25) is 0 Å². The van der Waals surface area contributed by atoms with E-state index >= 15 is 0 Å². The number of hydrogen-bond acceptors (Lipinski definition) is 0. The number of nitrogens with two attached hydrogens (primary N) is 1. The molecular formula is C13H32N3+3. The molecule has 4 atom stereocenters. The van der Waals surface area contributed by atoms with Crippen LogP contribution in [0.15, 0.2) is 0 Å². The highest BCUT2D eigenvalue weighted by molar-refractivity contribution is 4.70. The maximum Gasteiger partial charge on any atom is 0.0996 e. The summed E-state index contributed by atoms with van der Waals surface area (Å²) < 4.78 is 0. The van der Waals surface area contributed by atoms with E-state index in [0.717, 1.165) is 18.0 Å². The lowest BCUT2D eigenvalue weighted by Gasteiger charge is -2.35. The molecule has 0 spiro atoms. The molecule has 96 valence electrons. The van der Waals surface area contributed by atoms with Gasteiger partial charge >= 0.3 is 0 Å². The van der Waals surface area contributed by atoms with Gasteiger partial charge in [-0.05, 0) is 6.92 Å². The molecule has 1 heterocycles. The summed E-state index contributed by atoms with van der Waals surface area (Å²) in [5.74, 6) is 0.878. The molecule has 0 aromatic carbocycles. The fraction of sp³-hybridized carbons (Fsp3) is 1.00. The topological polar surface area (TPSA) is 25.5 Å². The van der Waals surface area contributed by atoms with Crippen molar-refractivity contribution >= 4 is 0 Å². The van der Waals surface area contributed by atoms with Gasteiger partial charge in [-0.1, -0.05) is 6.92 Å². The van der Waals surface area contributed by atoms with Crippen LogP contribution in [0.4, 0.5) is 0 Å². The van der Waals surface area contributed by atoms with Crippen LogP contribution >= 0.6 is 0 Å². The Hall–Kier alpha value is -0.120. The standard InChI is InChI=1S/C13H29N3/c1-11-10-16(5)12(2)9-13(11)14-7-6-8-15(3)4/h11-14H,6-10H2,1-5H3/p+3/t11-,12+,13+/m1/s1. The molecule has 1 unspecified atom stereocenters. The van der Waals surface area contributed by atoms with Gasteiger partial charge < -0.3 is 15.1 Å². The molecule has 4 N–H and O–H groups in total. The average Bonchev–Trinajstić information content (AvgIpc) is 2.19. The van der Waals surface area contributed by atoms with Crippen LogP contribution in [-0.2, 0) is 0 Å². The number of nitrogens with one attached hydrogen (secondary N) is 2. The summed E-state index contributed by atoms with van der Waals surface area (Å²) >= 11 is 0. The van der Waals surface area contributed by atoms with Crippen molar-refractivity contribution in [1.29, 1.82) is 0 Å². The Bertz CT molecular complexity index is 194. The zero-order chi connectivity index (χ0) is 12.1. The van der Waals surface area contributed by atoms with Crippen molar-refractivity contribution in [3.8, 4) is 0 Å². The molecule has 1 aliphatic heterocycles. The molecule has 3 heteroatoms. The third kappa shape index (κ3) is 4.40. The molecule has 0 aromatic rings. The lowest BCUT2D eigenvalue weighted by molar-refractivity contribution is -0.923. The first kappa shape index (κ1) is 13.9. The number of hydrogen-bond donors (Lipinski definition) is 3. The zero-order valence-corrected chi connectivity index (χ0v) is 11.8. The summed E-state index contributed by atoms with van der Waals surface area (Å²) in [5, 5.41) is 2.61. The summed E-state index contributed by atoms with van der Waals surface area (Å²) in [6.07, 6.45) is 2.74. The van der Waals surface area contributed by atoms with Gasteiger partial charge in [-0.15, -0.1) is 0 Å². The van der Waals surface area contributed by atoms with Crippen molar-refractivity contribution in [2.75, 3.05) is 40.8 Å². The third-order valence-corrected chi connectivity index (χ3v) is 4.19. The molecule has 1 saturated heterocycles. The molecule has 0 bridgehead atoms. The van der Waals surface area contributed by atoms with Gasteiger partial charge in [0.1, 0.15) is 0 Å². The maximum absolute atomic E-state index is 2.61. The van der Waals surface area contributed by atoms with Gasteiger partial charge in [-0.2, -0.15) is 0 Å². The molecule has 0 amide bonds. The molecule has 0 radical (unpaired) electrons. The molecule has 3 nitrogen and oxygen atoms in total. The second-order valence-corrected chi connectivity index (χ2v) is 6.16. The maximum atomic E-state index is 2.61. The Morgan fingerprint density at radius 3 is 2.62 bits per heavy atom. The number of rotatable bonds is 5. The van der Waals surface area contributed by atoms with E-state index in [1.807, 2.05) is 0 Å². The summed E-state index contributed by atoms with van der Waals surface area (Å²) in [7, 11) is 6.82. The van der Waals surface area contributed by atoms with E-state index in [1.165, 1.54) is 32.5 Å². The van der Waals surface area contributed by atoms with Gasteiger partial charge in [0, 0.05) is 6.42 Å². The van der Waals surface area contributed by atoms with Crippen LogP contribution in [0.25, 0.3) is 0 Å². The minimum absolute atomic E-state index is 0.844. The molecule has 0 aromatic heterocycles. The van der Waals surface area contributed by atoms with Crippen LogP contribution in [0.2, 0.25) is 0 Å². The predicted octanol–water partition coefficient (Wildman–Crippen LogP) is -2.60. The Kier molecular flexibility index (Phi) is 5.73. The first-order valence-corrected chi connectivity index (χ1v) is 6.95. The normalized spacial score (nSPS) is 35.6. The van der Waals surface area contributed by atoms with E-state index in [-0.39, 0.29) is 0 Å². The third-order valence-electron chi connectivity index (χ3n) is 4.19. The summed E-state index contributed by atoms with van der Waals surface area (Å²) in [6, 6.07) is 1.72. The van der Waals surface area contributed by atoms with Gasteiger partial charge in [0.05, 0.1) is 65.2 Å². The summed E-state index contributed by atoms with van der Waals surface area (Å²) in [5.41, 5.74) is 0. The van der Waals surface area contributed by atoms with Crippen molar-refractivity contribution in [1.82, 2.24) is 0 Å². The van der Waals surface area contributed by atoms with Crippen molar-refractivity contribution in [3.63, 3.8) is 0 Å². The SMILES string of the molecule is C[C@@H]1C[NH+](C)[C@@H](C)C[C@@H]1[NH2+]CCC[NH+](C)C. The first-order chi connectivity index (χ1) is 7.50. The molecule has 1 aliphatic rings. The Balaban J connectivity index is 2.20. The van der Waals surface area contributed by atoms with Gasteiger partial charge in [-0.25, -0.2) is 0 Å². The van der Waals surface area contributed by atoms with E-state index in [2.05, 4.69) is 40.3 Å². The zero-order valence-electron chi connectivity index (χ0n) is 11.8. The van der Waals surface area contributed by atoms with E-state index in [9.17, 15) is 0 Å². The Morgan fingerprint density at radius 1 is 1.31 bits per heavy atom. The van der Waals surface area contributed by atoms with Crippen molar-refractivity contribution in [2.45, 2.75) is 38.8 Å². The Morgan fingerprint density at radius 2 is 2.00 bits per heavy atom. The molecular weight excluding hydrogens is 198 g/mol. The fourth-order valence-electron chi connectivity index (χ4n) is 2.82. The monoisotopic (exact) mass is 230 g/mol. The minimum Gasteiger partial charge on any atom is -0.343 e. The number of likely N-dealkylation sites (tertiary alicyclic amines) is 1. The van der Waals surface area contributed by atoms with Gasteiger partial charge in [0.2, 0.25) is 0 Å². The molecule has 0 saturated carbocycles. The van der Waals surface area contributed by atoms with E-state index < -0.39 is 0 Å². The van der Waals surface area contributed by atoms with Crippen LogP contribution in [0.5, 0.6) is 0 Å². The van der Waals surface area contributed by atoms with Crippen LogP contribution in [0.1, 0.15) is 26.7 Å². The van der Waals surface area contributed by atoms with E-state index in [0.29, 0.717) is 0 Å². The smallest absolute Gasteiger partial charge is 0.0996 e. The van der Waals surface area contributed by atoms with Crippen molar-refractivity contribution in [2.24, 2.45) is 5.92 Å². The van der Waals surface area contributed by atoms with Crippen LogP contribution in [0, 0.1) is 5.92 Å². The molecule has 1 fully saturated rings. The fourth-order valence-corrected chi connectivity index (χ4v) is 2.82. The summed E-state index contributed by atoms with van der Waals surface area (Å²) in [4.78, 5) is 3.29. The van der Waals surface area contributed by atoms with Crippen LogP contribution in [-0.4, -0.2) is 52.9 Å². The largest absolute Gasteiger partial charge is 0.343 e. The van der Waals surface area contributed by atoms with E-state index in [1.54, 1.807) is 9.80 Å². The second-order valence-electron chi connectivity index (χ2n) is 6.16. The lowest BCUT2D eigenvalue weighted by Crippen LogP contribution is -3.16. The predicted molar refractivity (Wildman–Crippen MR) is 67.9 cm³/mol. The average molecular weight is 230 g/mol. The second kappa shape index (κ2) is 6.58. The van der Waals surface area contributed by atoms with Crippen LogP contribution in [0.3, 0.4) is 0 Å². The van der Waals surface area contributed by atoms with Crippen LogP contribution < -0.4 is 15.1 Å². The van der Waals surface area contributed by atoms with Crippen molar-refractivity contribution < 1.29 is 15.1 Å². The van der Waals surface area contributed by atoms with Crippen molar-refractivity contribution in [3.05, 3.63) is 0 Å². The molecule has 0 aliphatic carbocycles. The number of piperidine rings is 1.